The second-order valence-corrected chi connectivity index (χ2v) is 5.24. The van der Waals surface area contributed by atoms with Crippen LogP contribution in [-0.2, 0) is 0 Å². The Labute approximate surface area is 126 Å². The summed E-state index contributed by atoms with van der Waals surface area (Å²) in [5.74, 6) is -1.35. The average Bonchev–Trinajstić information content (AvgIpc) is 2.96. The first-order valence-corrected chi connectivity index (χ1v) is 7.04. The van der Waals surface area contributed by atoms with Crippen LogP contribution in [0.5, 0.6) is 0 Å². The summed E-state index contributed by atoms with van der Waals surface area (Å²) in [7, 11) is 0. The summed E-state index contributed by atoms with van der Waals surface area (Å²) in [5, 5.41) is 2.92. The third-order valence-electron chi connectivity index (χ3n) is 3.72. The molecule has 0 unspecified atom stereocenters. The van der Waals surface area contributed by atoms with E-state index in [-0.39, 0.29) is 11.9 Å². The van der Waals surface area contributed by atoms with E-state index in [1.807, 2.05) is 4.90 Å². The van der Waals surface area contributed by atoms with Crippen molar-refractivity contribution >= 4 is 11.6 Å². The number of hydrogen-bond donors (Lipinski definition) is 1. The molecule has 114 valence electrons. The average molecular weight is 303 g/mol. The smallest absolute Gasteiger partial charge is 0.251 e. The number of rotatable bonds is 3. The molecule has 0 saturated carbocycles. The van der Waals surface area contributed by atoms with Crippen molar-refractivity contribution in [3.63, 3.8) is 0 Å². The van der Waals surface area contributed by atoms with Gasteiger partial charge in [0.15, 0.2) is 0 Å². The lowest BCUT2D eigenvalue weighted by Crippen LogP contribution is -2.37. The first-order valence-electron chi connectivity index (χ1n) is 7.04. The predicted octanol–water partition coefficient (Wildman–Crippen LogP) is 2.37. The van der Waals surface area contributed by atoms with Gasteiger partial charge in [0.1, 0.15) is 11.6 Å². The number of amides is 1. The van der Waals surface area contributed by atoms with Crippen LogP contribution in [-0.4, -0.2) is 30.0 Å². The lowest BCUT2D eigenvalue weighted by Gasteiger charge is -2.19. The number of nitrogens with zero attached hydrogens (tertiary/aromatic N) is 2. The maximum absolute atomic E-state index is 13.8. The molecule has 3 rings (SSSR count). The lowest BCUT2D eigenvalue weighted by atomic mass is 10.2. The van der Waals surface area contributed by atoms with Crippen molar-refractivity contribution < 1.29 is 13.6 Å². The number of carbonyl (C=O) groups excluding carboxylic acids is 1. The van der Waals surface area contributed by atoms with E-state index in [4.69, 9.17) is 0 Å². The van der Waals surface area contributed by atoms with E-state index in [2.05, 4.69) is 10.3 Å². The Morgan fingerprint density at radius 3 is 2.73 bits per heavy atom. The van der Waals surface area contributed by atoms with E-state index in [1.165, 1.54) is 12.1 Å². The molecule has 1 aromatic carbocycles. The van der Waals surface area contributed by atoms with Gasteiger partial charge >= 0.3 is 0 Å². The molecular formula is C16H15F2N3O. The molecule has 1 amide bonds. The Morgan fingerprint density at radius 2 is 2.00 bits per heavy atom. The standard InChI is InChI=1S/C16H15F2N3O/c17-12-1-2-15(14(18)9-12)21-8-5-13(10-21)20-16(22)11-3-6-19-7-4-11/h1-4,6-7,9,13H,5,8,10H2,(H,20,22)/t13-/m0/s1. The van der Waals surface area contributed by atoms with Gasteiger partial charge in [-0.05, 0) is 30.7 Å². The first-order chi connectivity index (χ1) is 10.6. The summed E-state index contributed by atoms with van der Waals surface area (Å²) >= 11 is 0. The van der Waals surface area contributed by atoms with Crippen LogP contribution >= 0.6 is 0 Å². The molecule has 1 aliphatic rings. The van der Waals surface area contributed by atoms with E-state index < -0.39 is 11.6 Å². The lowest BCUT2D eigenvalue weighted by molar-refractivity contribution is 0.0940. The fourth-order valence-electron chi connectivity index (χ4n) is 2.61. The van der Waals surface area contributed by atoms with Gasteiger partial charge in [0, 0.05) is 43.2 Å². The Morgan fingerprint density at radius 1 is 1.23 bits per heavy atom. The van der Waals surface area contributed by atoms with E-state index >= 15 is 0 Å². The zero-order valence-corrected chi connectivity index (χ0v) is 11.8. The predicted molar refractivity (Wildman–Crippen MR) is 78.7 cm³/mol. The summed E-state index contributed by atoms with van der Waals surface area (Å²) in [5.41, 5.74) is 0.906. The topological polar surface area (TPSA) is 45.2 Å². The molecule has 1 fully saturated rings. The number of hydrogen-bond acceptors (Lipinski definition) is 3. The molecule has 4 nitrogen and oxygen atoms in total. The van der Waals surface area contributed by atoms with Crippen LogP contribution < -0.4 is 10.2 Å². The van der Waals surface area contributed by atoms with Crippen molar-refractivity contribution in [3.05, 3.63) is 59.9 Å². The van der Waals surface area contributed by atoms with Crippen LogP contribution in [0.15, 0.2) is 42.7 Å². The van der Waals surface area contributed by atoms with E-state index in [0.29, 0.717) is 30.8 Å². The molecule has 22 heavy (non-hydrogen) atoms. The highest BCUT2D eigenvalue weighted by Gasteiger charge is 2.26. The zero-order valence-electron chi connectivity index (χ0n) is 11.8. The number of benzene rings is 1. The number of carbonyl (C=O) groups is 1. The summed E-state index contributed by atoms with van der Waals surface area (Å²) in [6, 6.07) is 6.76. The maximum Gasteiger partial charge on any atom is 0.251 e. The summed E-state index contributed by atoms with van der Waals surface area (Å²) in [6.45, 7) is 1.11. The van der Waals surface area contributed by atoms with Gasteiger partial charge in [-0.3, -0.25) is 9.78 Å². The van der Waals surface area contributed by atoms with Crippen LogP contribution in [0.4, 0.5) is 14.5 Å². The van der Waals surface area contributed by atoms with Crippen molar-refractivity contribution in [2.45, 2.75) is 12.5 Å². The van der Waals surface area contributed by atoms with Crippen molar-refractivity contribution in [2.24, 2.45) is 0 Å². The third-order valence-corrected chi connectivity index (χ3v) is 3.72. The molecule has 6 heteroatoms. The monoisotopic (exact) mass is 303 g/mol. The fourth-order valence-corrected chi connectivity index (χ4v) is 2.61. The molecular weight excluding hydrogens is 288 g/mol. The second kappa shape index (κ2) is 6.09. The number of aromatic nitrogens is 1. The number of nitrogens with one attached hydrogen (secondary N) is 1. The molecule has 0 spiro atoms. The number of anilines is 1. The van der Waals surface area contributed by atoms with Crippen LogP contribution in [0.25, 0.3) is 0 Å². The highest BCUT2D eigenvalue weighted by molar-refractivity contribution is 5.94. The highest BCUT2D eigenvalue weighted by atomic mass is 19.1. The Bertz CT molecular complexity index is 678. The second-order valence-electron chi connectivity index (χ2n) is 5.24. The van der Waals surface area contributed by atoms with Crippen LogP contribution in [0, 0.1) is 11.6 Å². The van der Waals surface area contributed by atoms with E-state index in [1.54, 1.807) is 24.5 Å². The minimum Gasteiger partial charge on any atom is -0.367 e. The molecule has 1 aromatic heterocycles. The fraction of sp³-hybridized carbons (Fsp3) is 0.250. The van der Waals surface area contributed by atoms with Crippen molar-refractivity contribution in [3.8, 4) is 0 Å². The summed E-state index contributed by atoms with van der Waals surface area (Å²) in [4.78, 5) is 17.8. The number of halogens is 2. The minimum atomic E-state index is -0.594. The van der Waals surface area contributed by atoms with Gasteiger partial charge < -0.3 is 10.2 Å². The van der Waals surface area contributed by atoms with Gasteiger partial charge in [0.2, 0.25) is 0 Å². The molecule has 0 aliphatic carbocycles. The van der Waals surface area contributed by atoms with Gasteiger partial charge in [-0.25, -0.2) is 8.78 Å². The van der Waals surface area contributed by atoms with Gasteiger partial charge in [0.05, 0.1) is 5.69 Å². The van der Waals surface area contributed by atoms with Crippen molar-refractivity contribution in [1.29, 1.82) is 0 Å². The molecule has 1 aliphatic heterocycles. The number of pyridine rings is 1. The highest BCUT2D eigenvalue weighted by Crippen LogP contribution is 2.24. The molecule has 0 bridgehead atoms. The molecule has 2 heterocycles. The molecule has 1 atom stereocenters. The normalized spacial score (nSPS) is 17.5. The van der Waals surface area contributed by atoms with Gasteiger partial charge in [-0.15, -0.1) is 0 Å². The molecule has 1 saturated heterocycles. The molecule has 1 N–H and O–H groups in total. The SMILES string of the molecule is O=C(N[C@H]1CCN(c2ccc(F)cc2F)C1)c1ccncc1. The minimum absolute atomic E-state index is 0.0647. The Balaban J connectivity index is 1.64. The Kier molecular flexibility index (Phi) is 4.00. The largest absolute Gasteiger partial charge is 0.367 e. The summed E-state index contributed by atoms with van der Waals surface area (Å²) in [6.07, 6.45) is 3.83. The van der Waals surface area contributed by atoms with Crippen LogP contribution in [0.3, 0.4) is 0 Å². The van der Waals surface area contributed by atoms with Crippen molar-refractivity contribution in [1.82, 2.24) is 10.3 Å². The van der Waals surface area contributed by atoms with Gasteiger partial charge in [0.25, 0.3) is 5.91 Å². The van der Waals surface area contributed by atoms with Crippen molar-refractivity contribution in [2.75, 3.05) is 18.0 Å². The van der Waals surface area contributed by atoms with E-state index in [9.17, 15) is 13.6 Å². The zero-order chi connectivity index (χ0) is 15.5. The maximum atomic E-state index is 13.8. The quantitative estimate of drug-likeness (QED) is 0.947. The van der Waals surface area contributed by atoms with Gasteiger partial charge in [-0.2, -0.15) is 0 Å². The Hall–Kier alpha value is -2.50. The van der Waals surface area contributed by atoms with Crippen LogP contribution in [0.2, 0.25) is 0 Å². The molecule has 2 aromatic rings. The summed E-state index contributed by atoms with van der Waals surface area (Å²) < 4.78 is 26.7. The first kappa shape index (κ1) is 14.4. The van der Waals surface area contributed by atoms with Crippen LogP contribution in [0.1, 0.15) is 16.8 Å². The third kappa shape index (κ3) is 3.05. The molecule has 0 radical (unpaired) electrons. The van der Waals surface area contributed by atoms with E-state index in [0.717, 1.165) is 6.07 Å². The van der Waals surface area contributed by atoms with Gasteiger partial charge in [-0.1, -0.05) is 0 Å².